The molecule has 0 spiro atoms. The van der Waals surface area contributed by atoms with E-state index in [4.69, 9.17) is 15.6 Å². The topological polar surface area (TPSA) is 58.7 Å². The molecule has 0 fully saturated rings. The van der Waals surface area contributed by atoms with E-state index in [1.54, 1.807) is 13.2 Å². The summed E-state index contributed by atoms with van der Waals surface area (Å²) in [5.41, 5.74) is 7.30. The zero-order valence-electron chi connectivity index (χ0n) is 8.53. The molecule has 4 heteroatoms. The Kier molecular flexibility index (Phi) is 3.59. The van der Waals surface area contributed by atoms with Crippen molar-refractivity contribution in [3.8, 4) is 5.75 Å². The van der Waals surface area contributed by atoms with Gasteiger partial charge in [-0.05, 0) is 6.07 Å². The molecule has 14 heavy (non-hydrogen) atoms. The number of benzene rings is 1. The van der Waals surface area contributed by atoms with Gasteiger partial charge in [0.2, 0.25) is 0 Å². The molecule has 1 rings (SSSR count). The van der Waals surface area contributed by atoms with Crippen molar-refractivity contribution >= 4 is 11.4 Å². The van der Waals surface area contributed by atoms with Crippen molar-refractivity contribution in [2.75, 3.05) is 37.9 Å². The van der Waals surface area contributed by atoms with Crippen LogP contribution < -0.4 is 15.4 Å². The smallest absolute Gasteiger partial charge is 0.122 e. The molecule has 0 saturated carbocycles. The number of nitrogens with two attached hydrogens (primary N) is 1. The number of rotatable bonds is 4. The molecular formula is C10H16N2O2. The predicted octanol–water partition coefficient (Wildman–Crippen LogP) is 0.706. The number of nitrogens with zero attached hydrogens (tertiary/aromatic N) is 1. The Hall–Kier alpha value is -1.42. The highest BCUT2D eigenvalue weighted by atomic mass is 16.5. The molecule has 0 unspecified atom stereocenters. The van der Waals surface area contributed by atoms with Crippen molar-refractivity contribution in [2.24, 2.45) is 0 Å². The van der Waals surface area contributed by atoms with Crippen LogP contribution in [0.15, 0.2) is 18.2 Å². The summed E-state index contributed by atoms with van der Waals surface area (Å²) in [5, 5.41) is 8.79. The molecule has 4 nitrogen and oxygen atoms in total. The van der Waals surface area contributed by atoms with Gasteiger partial charge < -0.3 is 20.5 Å². The van der Waals surface area contributed by atoms with Gasteiger partial charge in [0.1, 0.15) is 5.75 Å². The van der Waals surface area contributed by atoms with Crippen LogP contribution in [0.5, 0.6) is 5.75 Å². The minimum atomic E-state index is 0.119. The van der Waals surface area contributed by atoms with Gasteiger partial charge in [0.25, 0.3) is 0 Å². The third-order valence-electron chi connectivity index (χ3n) is 2.03. The van der Waals surface area contributed by atoms with Crippen LogP contribution in [-0.2, 0) is 0 Å². The normalized spacial score (nSPS) is 9.93. The summed E-state index contributed by atoms with van der Waals surface area (Å²) < 4.78 is 5.09. The fourth-order valence-electron chi connectivity index (χ4n) is 1.22. The number of hydrogen-bond donors (Lipinski definition) is 2. The summed E-state index contributed by atoms with van der Waals surface area (Å²) in [6.07, 6.45) is 0. The van der Waals surface area contributed by atoms with E-state index in [0.717, 1.165) is 11.4 Å². The summed E-state index contributed by atoms with van der Waals surface area (Å²) in [5.74, 6) is 0.727. The van der Waals surface area contributed by atoms with Gasteiger partial charge in [-0.15, -0.1) is 0 Å². The van der Waals surface area contributed by atoms with Crippen molar-refractivity contribution in [1.82, 2.24) is 0 Å². The van der Waals surface area contributed by atoms with Crippen LogP contribution in [0.25, 0.3) is 0 Å². The van der Waals surface area contributed by atoms with E-state index in [0.29, 0.717) is 12.2 Å². The molecule has 78 valence electrons. The van der Waals surface area contributed by atoms with Crippen LogP contribution in [0, 0.1) is 0 Å². The maximum absolute atomic E-state index is 8.79. The molecule has 0 aliphatic carbocycles. The zero-order valence-corrected chi connectivity index (χ0v) is 8.53. The Morgan fingerprint density at radius 3 is 2.71 bits per heavy atom. The van der Waals surface area contributed by atoms with Gasteiger partial charge in [0.05, 0.1) is 13.7 Å². The lowest BCUT2D eigenvalue weighted by Gasteiger charge is -2.19. The third kappa shape index (κ3) is 2.53. The molecule has 3 N–H and O–H groups in total. The number of ether oxygens (including phenoxy) is 1. The first-order valence-electron chi connectivity index (χ1n) is 4.44. The van der Waals surface area contributed by atoms with Gasteiger partial charge in [-0.1, -0.05) is 0 Å². The quantitative estimate of drug-likeness (QED) is 0.696. The molecular weight excluding hydrogens is 180 g/mol. The number of hydrogen-bond acceptors (Lipinski definition) is 4. The highest BCUT2D eigenvalue weighted by molar-refractivity contribution is 5.60. The molecule has 0 atom stereocenters. The van der Waals surface area contributed by atoms with Crippen molar-refractivity contribution < 1.29 is 9.84 Å². The van der Waals surface area contributed by atoms with E-state index < -0.39 is 0 Å². The van der Waals surface area contributed by atoms with Crippen LogP contribution in [0.3, 0.4) is 0 Å². The highest BCUT2D eigenvalue weighted by Crippen LogP contribution is 2.24. The Morgan fingerprint density at radius 1 is 1.43 bits per heavy atom. The van der Waals surface area contributed by atoms with Crippen LogP contribution in [-0.4, -0.2) is 32.4 Å². The summed E-state index contributed by atoms with van der Waals surface area (Å²) in [7, 11) is 3.50. The van der Waals surface area contributed by atoms with E-state index in [1.165, 1.54) is 0 Å². The minimum absolute atomic E-state index is 0.119. The van der Waals surface area contributed by atoms with Crippen LogP contribution in [0.4, 0.5) is 11.4 Å². The van der Waals surface area contributed by atoms with Crippen molar-refractivity contribution in [3.05, 3.63) is 18.2 Å². The largest absolute Gasteiger partial charge is 0.497 e. The number of aliphatic hydroxyl groups excluding tert-OH is 1. The van der Waals surface area contributed by atoms with Gasteiger partial charge >= 0.3 is 0 Å². The molecule has 0 aliphatic rings. The maximum atomic E-state index is 8.79. The second-order valence-corrected chi connectivity index (χ2v) is 3.11. The Morgan fingerprint density at radius 2 is 2.14 bits per heavy atom. The second-order valence-electron chi connectivity index (χ2n) is 3.11. The van der Waals surface area contributed by atoms with Crippen LogP contribution in [0.2, 0.25) is 0 Å². The SMILES string of the molecule is COc1cc(N)cc(N(C)CCO)c1. The van der Waals surface area contributed by atoms with E-state index >= 15 is 0 Å². The molecule has 0 saturated heterocycles. The lowest BCUT2D eigenvalue weighted by Crippen LogP contribution is -2.21. The number of aliphatic hydroxyl groups is 1. The summed E-state index contributed by atoms with van der Waals surface area (Å²) in [6, 6.07) is 5.49. The van der Waals surface area contributed by atoms with Crippen LogP contribution >= 0.6 is 0 Å². The second kappa shape index (κ2) is 4.72. The van der Waals surface area contributed by atoms with Gasteiger partial charge in [0.15, 0.2) is 0 Å². The standard InChI is InChI=1S/C10H16N2O2/c1-12(3-4-13)9-5-8(11)6-10(7-9)14-2/h5-7,13H,3-4,11H2,1-2H3. The fraction of sp³-hybridized carbons (Fsp3) is 0.400. The Balaban J connectivity index is 2.90. The molecule has 1 aromatic rings. The summed E-state index contributed by atoms with van der Waals surface area (Å²) in [4.78, 5) is 1.92. The van der Waals surface area contributed by atoms with Gasteiger partial charge in [-0.25, -0.2) is 0 Å². The molecule has 0 radical (unpaired) electrons. The van der Waals surface area contributed by atoms with Crippen molar-refractivity contribution in [2.45, 2.75) is 0 Å². The third-order valence-corrected chi connectivity index (χ3v) is 2.03. The van der Waals surface area contributed by atoms with Crippen molar-refractivity contribution in [3.63, 3.8) is 0 Å². The van der Waals surface area contributed by atoms with Gasteiger partial charge in [-0.2, -0.15) is 0 Å². The van der Waals surface area contributed by atoms with Crippen molar-refractivity contribution in [1.29, 1.82) is 0 Å². The highest BCUT2D eigenvalue weighted by Gasteiger charge is 2.03. The first-order valence-corrected chi connectivity index (χ1v) is 4.44. The first-order chi connectivity index (χ1) is 6.67. The predicted molar refractivity (Wildman–Crippen MR) is 57.8 cm³/mol. The van der Waals surface area contributed by atoms with E-state index in [-0.39, 0.29) is 6.61 Å². The molecule has 0 aromatic heterocycles. The number of anilines is 2. The van der Waals surface area contributed by atoms with Gasteiger partial charge in [-0.3, -0.25) is 0 Å². The fourth-order valence-corrected chi connectivity index (χ4v) is 1.22. The Bertz CT molecular complexity index is 302. The monoisotopic (exact) mass is 196 g/mol. The van der Waals surface area contributed by atoms with E-state index in [9.17, 15) is 0 Å². The molecule has 1 aromatic carbocycles. The molecule has 0 bridgehead atoms. The van der Waals surface area contributed by atoms with E-state index in [2.05, 4.69) is 0 Å². The molecule has 0 aliphatic heterocycles. The molecule has 0 heterocycles. The summed E-state index contributed by atoms with van der Waals surface area (Å²) >= 11 is 0. The first kappa shape index (κ1) is 10.7. The zero-order chi connectivity index (χ0) is 10.6. The number of likely N-dealkylation sites (N-methyl/N-ethyl adjacent to an activating group) is 1. The van der Waals surface area contributed by atoms with Gasteiger partial charge in [0, 0.05) is 37.1 Å². The lowest BCUT2D eigenvalue weighted by molar-refractivity contribution is 0.304. The number of methoxy groups -OCH3 is 1. The minimum Gasteiger partial charge on any atom is -0.497 e. The summed E-state index contributed by atoms with van der Waals surface area (Å²) in [6.45, 7) is 0.695. The molecule has 0 amide bonds. The Labute approximate surface area is 83.9 Å². The van der Waals surface area contributed by atoms with Crippen LogP contribution in [0.1, 0.15) is 0 Å². The number of nitrogen functional groups attached to an aromatic ring is 1. The maximum Gasteiger partial charge on any atom is 0.122 e. The van der Waals surface area contributed by atoms with E-state index in [1.807, 2.05) is 24.1 Å². The average molecular weight is 196 g/mol. The lowest BCUT2D eigenvalue weighted by atomic mass is 10.2. The average Bonchev–Trinajstić information content (AvgIpc) is 2.17.